The fourth-order valence-electron chi connectivity index (χ4n) is 2.08. The van der Waals surface area contributed by atoms with Crippen molar-refractivity contribution in [3.8, 4) is 0 Å². The first-order valence-corrected chi connectivity index (χ1v) is 7.35. The molecular weight excluding hydrogens is 264 g/mol. The van der Waals surface area contributed by atoms with E-state index in [4.69, 9.17) is 0 Å². The van der Waals surface area contributed by atoms with Crippen LogP contribution in [0.5, 0.6) is 0 Å². The first-order valence-electron chi connectivity index (χ1n) is 7.35. The van der Waals surface area contributed by atoms with Crippen LogP contribution in [-0.2, 0) is 13.1 Å². The van der Waals surface area contributed by atoms with Gasteiger partial charge in [0.05, 0.1) is 18.6 Å². The van der Waals surface area contributed by atoms with Gasteiger partial charge in [0.25, 0.3) is 5.91 Å². The van der Waals surface area contributed by atoms with Gasteiger partial charge in [-0.05, 0) is 31.5 Å². The van der Waals surface area contributed by atoms with E-state index in [-0.39, 0.29) is 5.91 Å². The largest absolute Gasteiger partial charge is 0.379 e. The zero-order chi connectivity index (χ0) is 15.1. The van der Waals surface area contributed by atoms with E-state index in [1.807, 2.05) is 43.7 Å². The van der Waals surface area contributed by atoms with Gasteiger partial charge in [0.2, 0.25) is 0 Å². The van der Waals surface area contributed by atoms with Crippen molar-refractivity contribution in [3.63, 3.8) is 0 Å². The number of carbonyl (C=O) groups is 1. The van der Waals surface area contributed by atoms with Crippen molar-refractivity contribution in [3.05, 3.63) is 48.0 Å². The topological polar surface area (TPSA) is 59.0 Å². The Morgan fingerprint density at radius 3 is 2.95 bits per heavy atom. The molecule has 5 heteroatoms. The van der Waals surface area contributed by atoms with Gasteiger partial charge in [-0.1, -0.05) is 13.0 Å². The number of hydrogen-bond acceptors (Lipinski definition) is 3. The summed E-state index contributed by atoms with van der Waals surface area (Å²) < 4.78 is 2.09. The number of carbonyl (C=O) groups excluding carboxylic acids is 1. The molecule has 0 aliphatic heterocycles. The summed E-state index contributed by atoms with van der Waals surface area (Å²) in [6.07, 6.45) is 4.62. The quantitative estimate of drug-likeness (QED) is 0.822. The number of imidazole rings is 1. The number of amides is 1. The van der Waals surface area contributed by atoms with Gasteiger partial charge in [0, 0.05) is 30.5 Å². The number of hydrogen-bond donors (Lipinski definition) is 2. The van der Waals surface area contributed by atoms with E-state index in [2.05, 4.69) is 27.1 Å². The summed E-state index contributed by atoms with van der Waals surface area (Å²) in [4.78, 5) is 16.1. The van der Waals surface area contributed by atoms with E-state index in [9.17, 15) is 4.79 Å². The summed E-state index contributed by atoms with van der Waals surface area (Å²) in [5.74, 6) is -0.0286. The lowest BCUT2D eigenvalue weighted by Gasteiger charge is -2.10. The number of benzene rings is 1. The Morgan fingerprint density at radius 2 is 2.19 bits per heavy atom. The molecule has 0 fully saturated rings. The van der Waals surface area contributed by atoms with E-state index in [0.29, 0.717) is 18.7 Å². The zero-order valence-electron chi connectivity index (χ0n) is 12.6. The van der Waals surface area contributed by atoms with Crippen molar-refractivity contribution >= 4 is 11.6 Å². The predicted molar refractivity (Wildman–Crippen MR) is 84.3 cm³/mol. The molecule has 0 aliphatic rings. The fourth-order valence-corrected chi connectivity index (χ4v) is 2.08. The van der Waals surface area contributed by atoms with E-state index in [0.717, 1.165) is 24.3 Å². The minimum Gasteiger partial charge on any atom is -0.379 e. The van der Waals surface area contributed by atoms with Gasteiger partial charge in [-0.15, -0.1) is 0 Å². The zero-order valence-corrected chi connectivity index (χ0v) is 12.6. The second-order valence-corrected chi connectivity index (χ2v) is 4.86. The lowest BCUT2D eigenvalue weighted by Crippen LogP contribution is -2.23. The van der Waals surface area contributed by atoms with Crippen LogP contribution in [0.4, 0.5) is 5.69 Å². The predicted octanol–water partition coefficient (Wildman–Crippen LogP) is 2.65. The first-order chi connectivity index (χ1) is 10.2. The molecule has 21 heavy (non-hydrogen) atoms. The summed E-state index contributed by atoms with van der Waals surface area (Å²) in [6, 6.07) is 7.55. The third-order valence-corrected chi connectivity index (χ3v) is 3.27. The van der Waals surface area contributed by atoms with Crippen LogP contribution in [0.25, 0.3) is 0 Å². The minimum absolute atomic E-state index is 0.0286. The number of nitrogens with zero attached hydrogens (tertiary/aromatic N) is 2. The second kappa shape index (κ2) is 7.47. The maximum absolute atomic E-state index is 11.9. The van der Waals surface area contributed by atoms with Crippen molar-refractivity contribution in [2.75, 3.05) is 11.9 Å². The molecular formula is C16H22N4O. The van der Waals surface area contributed by atoms with Crippen LogP contribution in [0, 0.1) is 0 Å². The maximum atomic E-state index is 11.9. The van der Waals surface area contributed by atoms with Crippen molar-refractivity contribution in [2.24, 2.45) is 0 Å². The van der Waals surface area contributed by atoms with Crippen LogP contribution in [-0.4, -0.2) is 22.0 Å². The molecule has 1 heterocycles. The Bertz CT molecular complexity index is 591. The van der Waals surface area contributed by atoms with E-state index in [1.54, 1.807) is 0 Å². The van der Waals surface area contributed by atoms with Crippen molar-refractivity contribution < 1.29 is 4.79 Å². The van der Waals surface area contributed by atoms with Crippen LogP contribution in [0.15, 0.2) is 36.8 Å². The number of aromatic nitrogens is 2. The number of nitrogens with one attached hydrogen (secondary N) is 2. The third kappa shape index (κ3) is 4.08. The minimum atomic E-state index is -0.0286. The van der Waals surface area contributed by atoms with Gasteiger partial charge in [-0.2, -0.15) is 0 Å². The lowest BCUT2D eigenvalue weighted by atomic mass is 10.2. The molecule has 1 aromatic carbocycles. The smallest absolute Gasteiger partial charge is 0.251 e. The molecule has 0 aliphatic carbocycles. The second-order valence-electron chi connectivity index (χ2n) is 4.86. The Balaban J connectivity index is 1.99. The molecule has 0 saturated carbocycles. The first kappa shape index (κ1) is 15.1. The van der Waals surface area contributed by atoms with Crippen molar-refractivity contribution in [1.82, 2.24) is 14.9 Å². The Hall–Kier alpha value is -2.30. The third-order valence-electron chi connectivity index (χ3n) is 3.27. The highest BCUT2D eigenvalue weighted by Crippen LogP contribution is 2.12. The molecule has 2 aromatic rings. The molecule has 2 rings (SSSR count). The lowest BCUT2D eigenvalue weighted by molar-refractivity contribution is 0.0953. The van der Waals surface area contributed by atoms with Crippen LogP contribution >= 0.6 is 0 Å². The summed E-state index contributed by atoms with van der Waals surface area (Å²) in [5.41, 5.74) is 2.73. The standard InChI is InChI=1S/C16H22N4O/c1-3-8-18-16(21)13-6-5-7-14(9-13)19-11-15-10-17-12-20(15)4-2/h5-7,9-10,12,19H,3-4,8,11H2,1-2H3,(H,18,21). The maximum Gasteiger partial charge on any atom is 0.251 e. The van der Waals surface area contributed by atoms with Gasteiger partial charge in [-0.25, -0.2) is 4.98 Å². The highest BCUT2D eigenvalue weighted by Gasteiger charge is 2.06. The molecule has 112 valence electrons. The van der Waals surface area contributed by atoms with E-state index < -0.39 is 0 Å². The van der Waals surface area contributed by atoms with Crippen molar-refractivity contribution in [2.45, 2.75) is 33.4 Å². The molecule has 0 unspecified atom stereocenters. The molecule has 0 spiro atoms. The van der Waals surface area contributed by atoms with Crippen LogP contribution in [0.1, 0.15) is 36.3 Å². The summed E-state index contributed by atoms with van der Waals surface area (Å²) >= 11 is 0. The van der Waals surface area contributed by atoms with Crippen LogP contribution in [0.3, 0.4) is 0 Å². The average molecular weight is 286 g/mol. The molecule has 1 aromatic heterocycles. The average Bonchev–Trinajstić information content (AvgIpc) is 2.98. The van der Waals surface area contributed by atoms with E-state index >= 15 is 0 Å². The summed E-state index contributed by atoms with van der Waals surface area (Å²) in [7, 11) is 0. The highest BCUT2D eigenvalue weighted by atomic mass is 16.1. The molecule has 2 N–H and O–H groups in total. The van der Waals surface area contributed by atoms with Gasteiger partial charge >= 0.3 is 0 Å². The van der Waals surface area contributed by atoms with Gasteiger partial charge in [-0.3, -0.25) is 4.79 Å². The van der Waals surface area contributed by atoms with E-state index in [1.165, 1.54) is 0 Å². The molecule has 1 amide bonds. The molecule has 0 bridgehead atoms. The number of rotatable bonds is 7. The Morgan fingerprint density at radius 1 is 1.33 bits per heavy atom. The van der Waals surface area contributed by atoms with Crippen LogP contribution in [0.2, 0.25) is 0 Å². The summed E-state index contributed by atoms with van der Waals surface area (Å²) in [5, 5.41) is 6.22. The normalized spacial score (nSPS) is 10.4. The molecule has 0 saturated heterocycles. The molecule has 5 nitrogen and oxygen atoms in total. The fraction of sp³-hybridized carbons (Fsp3) is 0.375. The molecule has 0 radical (unpaired) electrons. The Labute approximate surface area is 125 Å². The summed E-state index contributed by atoms with van der Waals surface area (Å²) in [6.45, 7) is 6.41. The van der Waals surface area contributed by atoms with Gasteiger partial charge in [0.1, 0.15) is 0 Å². The SMILES string of the molecule is CCCNC(=O)c1cccc(NCc2cncn2CC)c1. The van der Waals surface area contributed by atoms with Crippen LogP contribution < -0.4 is 10.6 Å². The monoisotopic (exact) mass is 286 g/mol. The highest BCUT2D eigenvalue weighted by molar-refractivity contribution is 5.95. The van der Waals surface area contributed by atoms with Crippen molar-refractivity contribution in [1.29, 1.82) is 0 Å². The number of anilines is 1. The van der Waals surface area contributed by atoms with Gasteiger partial charge < -0.3 is 15.2 Å². The Kier molecular flexibility index (Phi) is 5.37. The number of aryl methyl sites for hydroxylation is 1. The van der Waals surface area contributed by atoms with Gasteiger partial charge in [0.15, 0.2) is 0 Å². The molecule has 0 atom stereocenters.